The second-order valence-corrected chi connectivity index (χ2v) is 15.7. The molecule has 2 heterocycles. The summed E-state index contributed by atoms with van der Waals surface area (Å²) in [7, 11) is 0. The number of aryl methyl sites for hydroxylation is 2. The van der Waals surface area contributed by atoms with E-state index in [0.717, 1.165) is 11.4 Å². The summed E-state index contributed by atoms with van der Waals surface area (Å²) in [5, 5.41) is 125. The quantitative estimate of drug-likeness (QED) is 0.0604. The van der Waals surface area contributed by atoms with Crippen LogP contribution in [-0.2, 0) is 25.9 Å². The zero-order chi connectivity index (χ0) is 45.0. The monoisotopic (exact) mass is 859 g/mol. The van der Waals surface area contributed by atoms with Crippen LogP contribution in [0.4, 0.5) is 0 Å². The Labute approximate surface area is 353 Å². The smallest absolute Gasteiger partial charge is 0.255 e. The average molecular weight is 860 g/mol. The van der Waals surface area contributed by atoms with Crippen molar-refractivity contribution in [3.8, 4) is 11.5 Å². The molecule has 0 aliphatic carbocycles. The lowest BCUT2D eigenvalue weighted by molar-refractivity contribution is -0.113. The molecule has 0 radical (unpaired) electrons. The molecule has 0 saturated heterocycles. The van der Waals surface area contributed by atoms with Crippen molar-refractivity contribution in [1.82, 2.24) is 25.4 Å². The fraction of sp³-hybridized carbons (Fsp3) is 0.548. The minimum Gasteiger partial charge on any atom is -0.507 e. The normalized spacial score (nSPS) is 18.4. The Hall–Kier alpha value is -4.35. The molecule has 0 saturated carbocycles. The third-order valence-corrected chi connectivity index (χ3v) is 10.7. The van der Waals surface area contributed by atoms with Crippen molar-refractivity contribution in [2.45, 2.75) is 95.0 Å². The third-order valence-electron chi connectivity index (χ3n) is 10.7. The second-order valence-electron chi connectivity index (χ2n) is 15.7. The van der Waals surface area contributed by atoms with Gasteiger partial charge in [-0.3, -0.25) is 24.4 Å². The number of pyridine rings is 1. The molecule has 61 heavy (non-hydrogen) atoms. The van der Waals surface area contributed by atoms with Gasteiger partial charge >= 0.3 is 0 Å². The highest BCUT2D eigenvalue weighted by atomic mass is 16.4. The average Bonchev–Trinajstić information content (AvgIpc) is 3.25. The van der Waals surface area contributed by atoms with Gasteiger partial charge in [0, 0.05) is 74.6 Å². The molecule has 19 nitrogen and oxygen atoms in total. The van der Waals surface area contributed by atoms with Gasteiger partial charge in [-0.2, -0.15) is 0 Å². The number of carbonyl (C=O) groups excluding carboxylic acids is 2. The van der Waals surface area contributed by atoms with E-state index in [1.807, 2.05) is 18.2 Å². The van der Waals surface area contributed by atoms with Gasteiger partial charge in [0.1, 0.15) is 48.1 Å². The van der Waals surface area contributed by atoms with Crippen molar-refractivity contribution in [3.63, 3.8) is 0 Å². The number of aliphatic hydroxyl groups excluding tert-OH is 10. The van der Waals surface area contributed by atoms with Gasteiger partial charge in [0.05, 0.1) is 36.5 Å². The number of nitrogens with zero attached hydrogens (tertiary/aromatic N) is 3. The van der Waals surface area contributed by atoms with E-state index in [2.05, 4.69) is 20.4 Å². The van der Waals surface area contributed by atoms with Gasteiger partial charge in [0.25, 0.3) is 11.8 Å². The van der Waals surface area contributed by atoms with E-state index in [1.54, 1.807) is 26.0 Å². The van der Waals surface area contributed by atoms with Crippen molar-refractivity contribution in [1.29, 1.82) is 0 Å². The number of benzene rings is 2. The molecule has 4 rings (SSSR count). The molecule has 3 aromatic rings. The van der Waals surface area contributed by atoms with Crippen LogP contribution in [0, 0.1) is 13.8 Å². The topological polar surface area (TPSA) is 320 Å². The Bertz CT molecular complexity index is 1780. The highest BCUT2D eigenvalue weighted by Gasteiger charge is 2.32. The van der Waals surface area contributed by atoms with Crippen LogP contribution in [0.2, 0.25) is 0 Å². The van der Waals surface area contributed by atoms with Gasteiger partial charge in [0.2, 0.25) is 0 Å². The Morgan fingerprint density at radius 2 is 0.984 bits per heavy atom. The summed E-state index contributed by atoms with van der Waals surface area (Å²) in [6.45, 7) is 3.50. The molecular formula is C42H61N5O14. The summed E-state index contributed by atoms with van der Waals surface area (Å²) in [6.07, 6.45) is -12.4. The van der Waals surface area contributed by atoms with Crippen LogP contribution >= 0.6 is 0 Å². The number of fused-ring (bicyclic) bond motifs is 2. The zero-order valence-corrected chi connectivity index (χ0v) is 34.4. The van der Waals surface area contributed by atoms with E-state index in [4.69, 9.17) is 15.2 Å². The number of hydrogen-bond acceptors (Lipinski definition) is 17. The summed E-state index contributed by atoms with van der Waals surface area (Å²) in [6, 6.07) is 12.3. The first-order chi connectivity index (χ1) is 28.9. The predicted octanol–water partition coefficient (Wildman–Crippen LogP) is -3.07. The minimum absolute atomic E-state index is 0.0704. The summed E-state index contributed by atoms with van der Waals surface area (Å²) >= 11 is 0. The van der Waals surface area contributed by atoms with Gasteiger partial charge in [-0.1, -0.05) is 18.2 Å². The highest BCUT2D eigenvalue weighted by Crippen LogP contribution is 2.28. The molecule has 19 heteroatoms. The van der Waals surface area contributed by atoms with Crippen molar-refractivity contribution in [2.24, 2.45) is 0 Å². The molecule has 14 N–H and O–H groups in total. The number of aromatic nitrogens is 1. The number of rotatable bonds is 18. The molecular weight excluding hydrogens is 798 g/mol. The molecule has 0 fully saturated rings. The second kappa shape index (κ2) is 23.2. The number of amides is 2. The maximum Gasteiger partial charge on any atom is 0.255 e. The summed E-state index contributed by atoms with van der Waals surface area (Å²) in [5.41, 5.74) is 3.87. The Morgan fingerprint density at radius 3 is 1.36 bits per heavy atom. The van der Waals surface area contributed by atoms with Crippen molar-refractivity contribution >= 4 is 11.8 Å². The standard InChI is InChI=1S/C42H61N5O14/c1-23-13-25(35(54)29(15-23)41(60)43-17-31(50)37(56)39(58)33(52)21-48)19-46-9-4-10-47(12-8-28-6-3-5-27(45-28)7-11-46)20-26-14-24(2)16-30(36(26)55)42(61)44-18-32(51)38(57)40(59)34(53)22-49/h3,5-6,13-16,31-34,37-40,48-59H,4,7-12,17-22H2,1-2H3,(H,43,60)(H,44,61). The molecule has 8 unspecified atom stereocenters. The number of phenolic OH excluding ortho intramolecular Hbond substituents is 2. The van der Waals surface area contributed by atoms with E-state index in [9.17, 15) is 60.7 Å². The van der Waals surface area contributed by atoms with Crippen molar-refractivity contribution in [3.05, 3.63) is 87.2 Å². The van der Waals surface area contributed by atoms with Crippen LogP contribution in [0.5, 0.6) is 11.5 Å². The molecule has 1 aliphatic rings. The Morgan fingerprint density at radius 1 is 0.607 bits per heavy atom. The molecule has 2 aromatic carbocycles. The lowest BCUT2D eigenvalue weighted by Gasteiger charge is -2.28. The number of aromatic hydroxyl groups is 2. The molecule has 2 bridgehead atoms. The fourth-order valence-corrected chi connectivity index (χ4v) is 7.14. The minimum atomic E-state index is -1.87. The molecule has 0 spiro atoms. The highest BCUT2D eigenvalue weighted by molar-refractivity contribution is 5.98. The first kappa shape index (κ1) is 49.3. The molecule has 1 aromatic heterocycles. The maximum atomic E-state index is 13.2. The zero-order valence-electron chi connectivity index (χ0n) is 34.4. The van der Waals surface area contributed by atoms with Crippen LogP contribution in [0.3, 0.4) is 0 Å². The van der Waals surface area contributed by atoms with E-state index in [-0.39, 0.29) is 35.7 Å². The Kier molecular flexibility index (Phi) is 18.7. The van der Waals surface area contributed by atoms with E-state index in [1.165, 1.54) is 12.1 Å². The number of carbonyl (C=O) groups is 2. The van der Waals surface area contributed by atoms with Crippen LogP contribution in [0.25, 0.3) is 0 Å². The van der Waals surface area contributed by atoms with E-state index in [0.29, 0.717) is 67.7 Å². The Balaban J connectivity index is 1.48. The first-order valence-corrected chi connectivity index (χ1v) is 20.2. The van der Waals surface area contributed by atoms with Crippen LogP contribution in [0.1, 0.15) is 60.8 Å². The number of aliphatic hydroxyl groups is 10. The van der Waals surface area contributed by atoms with Crippen LogP contribution in [0.15, 0.2) is 42.5 Å². The summed E-state index contributed by atoms with van der Waals surface area (Å²) in [4.78, 5) is 35.5. The third kappa shape index (κ3) is 13.8. The van der Waals surface area contributed by atoms with Gasteiger partial charge in [-0.15, -0.1) is 0 Å². The van der Waals surface area contributed by atoms with Crippen molar-refractivity contribution < 1.29 is 70.9 Å². The van der Waals surface area contributed by atoms with Crippen LogP contribution in [-0.4, -0.2) is 189 Å². The predicted molar refractivity (Wildman–Crippen MR) is 219 cm³/mol. The van der Waals surface area contributed by atoms with Gasteiger partial charge in [0.15, 0.2) is 0 Å². The fourth-order valence-electron chi connectivity index (χ4n) is 7.14. The van der Waals surface area contributed by atoms with Gasteiger partial charge in [-0.05, 0) is 68.8 Å². The van der Waals surface area contributed by atoms with E-state index >= 15 is 0 Å². The largest absolute Gasteiger partial charge is 0.507 e. The SMILES string of the molecule is Cc1cc(CN2CCCN(Cc3cc(C)cc(C(=O)NCC(O)C(O)C(O)C(O)CO)c3O)CCc3cccc(n3)CC2)c(O)c(C(=O)NCC(O)C(O)C(O)C(O)CO)c1. The van der Waals surface area contributed by atoms with E-state index < -0.39 is 86.9 Å². The summed E-state index contributed by atoms with van der Waals surface area (Å²) < 4.78 is 0. The molecule has 338 valence electrons. The lowest BCUT2D eigenvalue weighted by Crippen LogP contribution is -2.49. The first-order valence-electron chi connectivity index (χ1n) is 20.2. The number of nitrogens with one attached hydrogen (secondary N) is 2. The maximum absolute atomic E-state index is 13.2. The molecule has 2 amide bonds. The molecule has 8 atom stereocenters. The lowest BCUT2D eigenvalue weighted by atomic mass is 10.0. The van der Waals surface area contributed by atoms with Gasteiger partial charge < -0.3 is 71.9 Å². The number of hydrogen-bond donors (Lipinski definition) is 14. The number of phenols is 2. The van der Waals surface area contributed by atoms with Gasteiger partial charge in [-0.25, -0.2) is 0 Å². The van der Waals surface area contributed by atoms with Crippen LogP contribution < -0.4 is 10.6 Å². The molecule has 1 aliphatic heterocycles. The summed E-state index contributed by atoms with van der Waals surface area (Å²) in [5.74, 6) is -2.05. The van der Waals surface area contributed by atoms with Crippen molar-refractivity contribution in [2.75, 3.05) is 52.5 Å².